The molecule has 0 heterocycles. The van der Waals surface area contributed by atoms with E-state index < -0.39 is 12.1 Å². The van der Waals surface area contributed by atoms with Crippen LogP contribution in [0, 0.1) is 0 Å². The first kappa shape index (κ1) is 17.8. The molecule has 1 aromatic rings. The Bertz CT molecular complexity index is 467. The molecule has 1 amide bonds. The summed E-state index contributed by atoms with van der Waals surface area (Å²) >= 11 is 7.43. The summed E-state index contributed by atoms with van der Waals surface area (Å²) in [5.74, 6) is -0.155. The third-order valence-electron chi connectivity index (χ3n) is 2.60. The molecule has 1 unspecified atom stereocenters. The van der Waals surface area contributed by atoms with Gasteiger partial charge in [-0.05, 0) is 36.4 Å². The number of carbonyl (C=O) groups excluding carboxylic acids is 2. The van der Waals surface area contributed by atoms with E-state index in [1.807, 2.05) is 24.3 Å². The summed E-state index contributed by atoms with van der Waals surface area (Å²) in [6.07, 6.45) is -0.274. The zero-order valence-corrected chi connectivity index (χ0v) is 13.2. The van der Waals surface area contributed by atoms with Gasteiger partial charge in [0.2, 0.25) is 5.91 Å². The fourth-order valence-electron chi connectivity index (χ4n) is 1.47. The van der Waals surface area contributed by atoms with Crippen molar-refractivity contribution in [1.82, 2.24) is 5.32 Å². The van der Waals surface area contributed by atoms with Crippen molar-refractivity contribution >= 4 is 35.2 Å². The van der Waals surface area contributed by atoms with E-state index in [1.165, 1.54) is 7.11 Å². The van der Waals surface area contributed by atoms with Crippen LogP contribution in [0.5, 0.6) is 0 Å². The number of ether oxygens (including phenoxy) is 1. The Balaban J connectivity index is 2.13. The van der Waals surface area contributed by atoms with Crippen molar-refractivity contribution in [2.75, 3.05) is 19.4 Å². The van der Waals surface area contributed by atoms with Gasteiger partial charge < -0.3 is 15.2 Å². The van der Waals surface area contributed by atoms with Gasteiger partial charge in [-0.1, -0.05) is 11.6 Å². The lowest BCUT2D eigenvalue weighted by molar-refractivity contribution is -0.150. The summed E-state index contributed by atoms with van der Waals surface area (Å²) in [6, 6.07) is 7.51. The normalized spacial score (nSPS) is 11.8. The van der Waals surface area contributed by atoms with Crippen LogP contribution < -0.4 is 5.32 Å². The molecule has 2 N–H and O–H groups in total. The molecule has 1 rings (SSSR count). The molecule has 0 spiro atoms. The smallest absolute Gasteiger partial charge is 0.336 e. The second-order valence-corrected chi connectivity index (χ2v) is 5.85. The van der Waals surface area contributed by atoms with Crippen LogP contribution in [-0.4, -0.2) is 42.5 Å². The van der Waals surface area contributed by atoms with Gasteiger partial charge in [-0.25, -0.2) is 4.79 Å². The summed E-state index contributed by atoms with van der Waals surface area (Å²) in [4.78, 5) is 23.5. The molecule has 0 fully saturated rings. The van der Waals surface area contributed by atoms with E-state index in [2.05, 4.69) is 10.1 Å². The molecule has 1 aromatic carbocycles. The first-order chi connectivity index (χ1) is 10.0. The highest BCUT2D eigenvalue weighted by atomic mass is 35.5. The molecule has 0 saturated carbocycles. The van der Waals surface area contributed by atoms with Crippen molar-refractivity contribution in [3.05, 3.63) is 29.3 Å². The third-order valence-corrected chi connectivity index (χ3v) is 3.95. The van der Waals surface area contributed by atoms with Crippen LogP contribution in [0.15, 0.2) is 29.2 Å². The number of hydrogen-bond acceptors (Lipinski definition) is 5. The number of esters is 1. The zero-order valence-electron chi connectivity index (χ0n) is 11.7. The molecule has 21 heavy (non-hydrogen) atoms. The van der Waals surface area contributed by atoms with Crippen molar-refractivity contribution in [1.29, 1.82) is 0 Å². The number of benzene rings is 1. The topological polar surface area (TPSA) is 75.6 Å². The number of amides is 1. The van der Waals surface area contributed by atoms with E-state index in [4.69, 9.17) is 11.6 Å². The highest BCUT2D eigenvalue weighted by Crippen LogP contribution is 2.21. The number of nitrogens with one attached hydrogen (secondary N) is 1. The average Bonchev–Trinajstić information content (AvgIpc) is 2.50. The summed E-state index contributed by atoms with van der Waals surface area (Å²) in [6.45, 7) is -0.129. The summed E-state index contributed by atoms with van der Waals surface area (Å²) in [5.41, 5.74) is 0. The fraction of sp³-hybridized carbons (Fsp3) is 0.429. The molecule has 1 atom stereocenters. The molecule has 0 bridgehead atoms. The molecule has 5 nitrogen and oxygen atoms in total. The molecular weight excluding hydrogens is 314 g/mol. The average molecular weight is 332 g/mol. The van der Waals surface area contributed by atoms with Gasteiger partial charge >= 0.3 is 5.97 Å². The maximum absolute atomic E-state index is 11.5. The maximum atomic E-state index is 11.5. The quantitative estimate of drug-likeness (QED) is 0.432. The van der Waals surface area contributed by atoms with Crippen LogP contribution in [0.4, 0.5) is 0 Å². The maximum Gasteiger partial charge on any atom is 0.336 e. The molecule has 116 valence electrons. The number of rotatable bonds is 8. The Kier molecular flexibility index (Phi) is 8.19. The van der Waals surface area contributed by atoms with Crippen LogP contribution in [0.3, 0.4) is 0 Å². The van der Waals surface area contributed by atoms with Gasteiger partial charge in [0.05, 0.1) is 13.7 Å². The fourth-order valence-corrected chi connectivity index (χ4v) is 2.45. The molecule has 7 heteroatoms. The van der Waals surface area contributed by atoms with Gasteiger partial charge in [0.25, 0.3) is 0 Å². The van der Waals surface area contributed by atoms with Gasteiger partial charge in [-0.15, -0.1) is 11.8 Å². The van der Waals surface area contributed by atoms with Crippen LogP contribution in [0.1, 0.15) is 12.8 Å². The lowest BCUT2D eigenvalue weighted by Crippen LogP contribution is -2.37. The monoisotopic (exact) mass is 331 g/mol. The standard InChI is InChI=1S/C14H18ClNO4S/c1-20-14(19)12(17)9-16-13(18)3-2-8-21-11-6-4-10(15)5-7-11/h4-7,12,17H,2-3,8-9H2,1H3,(H,16,18). The van der Waals surface area contributed by atoms with E-state index in [9.17, 15) is 14.7 Å². The molecular formula is C14H18ClNO4S. The largest absolute Gasteiger partial charge is 0.467 e. The summed E-state index contributed by atoms with van der Waals surface area (Å²) < 4.78 is 4.35. The Morgan fingerprint density at radius 3 is 2.67 bits per heavy atom. The van der Waals surface area contributed by atoms with Crippen LogP contribution in [0.25, 0.3) is 0 Å². The van der Waals surface area contributed by atoms with Crippen molar-refractivity contribution in [2.24, 2.45) is 0 Å². The SMILES string of the molecule is COC(=O)C(O)CNC(=O)CCCSc1ccc(Cl)cc1. The minimum Gasteiger partial charge on any atom is -0.467 e. The van der Waals surface area contributed by atoms with E-state index in [0.717, 1.165) is 10.6 Å². The summed E-state index contributed by atoms with van der Waals surface area (Å²) in [7, 11) is 1.18. The lowest BCUT2D eigenvalue weighted by Gasteiger charge is -2.09. The van der Waals surface area contributed by atoms with Crippen molar-refractivity contribution in [3.8, 4) is 0 Å². The predicted molar refractivity (Wildman–Crippen MR) is 82.4 cm³/mol. The molecule has 0 aromatic heterocycles. The van der Waals surface area contributed by atoms with E-state index in [-0.39, 0.29) is 12.5 Å². The lowest BCUT2D eigenvalue weighted by atomic mass is 10.3. The third kappa shape index (κ3) is 7.36. The molecule has 0 aliphatic heterocycles. The first-order valence-electron chi connectivity index (χ1n) is 6.44. The number of aliphatic hydroxyl groups excluding tert-OH is 1. The first-order valence-corrected chi connectivity index (χ1v) is 7.80. The Hall–Kier alpha value is -1.24. The minimum atomic E-state index is -1.32. The molecule has 0 radical (unpaired) electrons. The number of thioether (sulfide) groups is 1. The van der Waals surface area contributed by atoms with Gasteiger partial charge in [0, 0.05) is 16.3 Å². The second kappa shape index (κ2) is 9.65. The molecule has 0 aliphatic carbocycles. The minimum absolute atomic E-state index is 0.129. The number of aliphatic hydroxyl groups is 1. The highest BCUT2D eigenvalue weighted by Gasteiger charge is 2.15. The van der Waals surface area contributed by atoms with Crippen LogP contribution >= 0.6 is 23.4 Å². The Morgan fingerprint density at radius 2 is 2.05 bits per heavy atom. The molecule has 0 aliphatic rings. The van der Waals surface area contributed by atoms with Crippen molar-refractivity contribution in [3.63, 3.8) is 0 Å². The van der Waals surface area contributed by atoms with Crippen LogP contribution in [-0.2, 0) is 14.3 Å². The number of hydrogen-bond donors (Lipinski definition) is 2. The van der Waals surface area contributed by atoms with Crippen molar-refractivity contribution in [2.45, 2.75) is 23.8 Å². The number of methoxy groups -OCH3 is 1. The molecule has 0 saturated heterocycles. The van der Waals surface area contributed by atoms with Crippen molar-refractivity contribution < 1.29 is 19.4 Å². The van der Waals surface area contributed by atoms with Gasteiger partial charge in [0.15, 0.2) is 6.10 Å². The van der Waals surface area contributed by atoms with Gasteiger partial charge in [-0.3, -0.25) is 4.79 Å². The summed E-state index contributed by atoms with van der Waals surface area (Å²) in [5, 5.41) is 12.5. The Morgan fingerprint density at radius 1 is 1.38 bits per heavy atom. The number of carbonyl (C=O) groups is 2. The highest BCUT2D eigenvalue weighted by molar-refractivity contribution is 7.99. The van der Waals surface area contributed by atoms with E-state index >= 15 is 0 Å². The van der Waals surface area contributed by atoms with Crippen LogP contribution in [0.2, 0.25) is 5.02 Å². The van der Waals surface area contributed by atoms with Gasteiger partial charge in [0.1, 0.15) is 0 Å². The predicted octanol–water partition coefficient (Wildman–Crippen LogP) is 1.86. The van der Waals surface area contributed by atoms with Gasteiger partial charge in [-0.2, -0.15) is 0 Å². The number of halogens is 1. The van der Waals surface area contributed by atoms with E-state index in [1.54, 1.807) is 11.8 Å². The zero-order chi connectivity index (χ0) is 15.7. The second-order valence-electron chi connectivity index (χ2n) is 4.25. The van der Waals surface area contributed by atoms with E-state index in [0.29, 0.717) is 17.9 Å². The Labute approximate surface area is 133 Å².